The van der Waals surface area contributed by atoms with Gasteiger partial charge in [-0.25, -0.2) is 0 Å². The molecule has 2 unspecified atom stereocenters. The van der Waals surface area contributed by atoms with Crippen LogP contribution >= 0.6 is 0 Å². The number of carbonyl (C=O) groups excluding carboxylic acids is 1. The van der Waals surface area contributed by atoms with E-state index in [2.05, 4.69) is 23.6 Å². The minimum absolute atomic E-state index is 0.235. The lowest BCUT2D eigenvalue weighted by Gasteiger charge is -2.32. The lowest BCUT2D eigenvalue weighted by atomic mass is 10.0. The highest BCUT2D eigenvalue weighted by atomic mass is 16.1. The highest BCUT2D eigenvalue weighted by Crippen LogP contribution is 2.20. The Labute approximate surface area is 112 Å². The van der Waals surface area contributed by atoms with Crippen LogP contribution in [0.3, 0.4) is 0 Å². The molecular formula is C15H28N2O. The van der Waals surface area contributed by atoms with E-state index in [0.29, 0.717) is 12.3 Å². The smallest absolute Gasteiger partial charge is 0.149 e. The Balaban J connectivity index is 1.75. The normalized spacial score (nSPS) is 28.4. The van der Waals surface area contributed by atoms with E-state index in [9.17, 15) is 4.79 Å². The van der Waals surface area contributed by atoms with Gasteiger partial charge in [-0.2, -0.15) is 0 Å². The summed E-state index contributed by atoms with van der Waals surface area (Å²) < 4.78 is 0. The predicted molar refractivity (Wildman–Crippen MR) is 74.7 cm³/mol. The number of Topliss-reactive ketones (excluding diaryl/α,β-unsaturated/α-hetero) is 1. The topological polar surface area (TPSA) is 23.6 Å². The molecule has 3 nitrogen and oxygen atoms in total. The molecule has 3 heteroatoms. The molecule has 0 aromatic heterocycles. The average Bonchev–Trinajstić information content (AvgIpc) is 2.87. The van der Waals surface area contributed by atoms with Gasteiger partial charge in [0.2, 0.25) is 0 Å². The Morgan fingerprint density at radius 2 is 1.94 bits per heavy atom. The first kappa shape index (κ1) is 14.0. The fourth-order valence-corrected chi connectivity index (χ4v) is 3.14. The number of hydrogen-bond acceptors (Lipinski definition) is 3. The zero-order valence-electron chi connectivity index (χ0n) is 12.0. The van der Waals surface area contributed by atoms with Crippen molar-refractivity contribution in [3.05, 3.63) is 0 Å². The number of piperidine rings is 1. The molecule has 0 aliphatic carbocycles. The van der Waals surface area contributed by atoms with Gasteiger partial charge in [0.1, 0.15) is 5.78 Å². The summed E-state index contributed by atoms with van der Waals surface area (Å²) in [6.45, 7) is 9.62. The average molecular weight is 252 g/mol. The largest absolute Gasteiger partial charge is 0.299 e. The molecule has 2 aliphatic rings. The number of likely N-dealkylation sites (tertiary alicyclic amines) is 2. The summed E-state index contributed by atoms with van der Waals surface area (Å²) in [6.07, 6.45) is 6.36. The van der Waals surface area contributed by atoms with E-state index in [1.807, 2.05) is 0 Å². The fraction of sp³-hybridized carbons (Fsp3) is 0.933. The van der Waals surface area contributed by atoms with Gasteiger partial charge in [0.25, 0.3) is 0 Å². The van der Waals surface area contributed by atoms with E-state index in [4.69, 9.17) is 0 Å². The van der Waals surface area contributed by atoms with Gasteiger partial charge in [0.05, 0.1) is 6.54 Å². The van der Waals surface area contributed by atoms with Crippen molar-refractivity contribution in [2.24, 2.45) is 5.92 Å². The third kappa shape index (κ3) is 3.55. The van der Waals surface area contributed by atoms with Gasteiger partial charge in [-0.15, -0.1) is 0 Å². The molecular weight excluding hydrogens is 224 g/mol. The predicted octanol–water partition coefficient (Wildman–Crippen LogP) is 2.16. The first-order chi connectivity index (χ1) is 8.70. The zero-order chi connectivity index (χ0) is 13.0. The molecule has 0 N–H and O–H groups in total. The number of carbonyl (C=O) groups is 1. The van der Waals surface area contributed by atoms with Gasteiger partial charge in [-0.05, 0) is 38.8 Å². The standard InChI is InChI=1S/C15H28N2O/c1-3-13(2)15(18)12-16-10-7-14(11-16)17-8-5-4-6-9-17/h13-14H,3-12H2,1-2H3. The minimum Gasteiger partial charge on any atom is -0.299 e. The summed E-state index contributed by atoms with van der Waals surface area (Å²) in [5.41, 5.74) is 0. The van der Waals surface area contributed by atoms with E-state index in [1.54, 1.807) is 0 Å². The van der Waals surface area contributed by atoms with E-state index in [1.165, 1.54) is 38.8 Å². The third-order valence-electron chi connectivity index (χ3n) is 4.70. The highest BCUT2D eigenvalue weighted by Gasteiger charge is 2.29. The second-order valence-corrected chi connectivity index (χ2v) is 6.05. The van der Waals surface area contributed by atoms with E-state index >= 15 is 0 Å². The van der Waals surface area contributed by atoms with Gasteiger partial charge < -0.3 is 0 Å². The minimum atomic E-state index is 0.235. The molecule has 2 aliphatic heterocycles. The SMILES string of the molecule is CCC(C)C(=O)CN1CCC(N2CCCCC2)C1. The van der Waals surface area contributed by atoms with Gasteiger partial charge in [-0.1, -0.05) is 20.3 Å². The summed E-state index contributed by atoms with van der Waals surface area (Å²) in [5.74, 6) is 0.663. The van der Waals surface area contributed by atoms with Crippen LogP contribution in [-0.4, -0.2) is 54.3 Å². The second kappa shape index (κ2) is 6.67. The summed E-state index contributed by atoms with van der Waals surface area (Å²) in [6, 6.07) is 0.718. The molecule has 0 saturated carbocycles. The van der Waals surface area contributed by atoms with Gasteiger partial charge in [0, 0.05) is 25.0 Å². The third-order valence-corrected chi connectivity index (χ3v) is 4.70. The van der Waals surface area contributed by atoms with Crippen LogP contribution in [0.5, 0.6) is 0 Å². The van der Waals surface area contributed by atoms with Crippen molar-refractivity contribution < 1.29 is 4.79 Å². The lowest BCUT2D eigenvalue weighted by Crippen LogP contribution is -2.41. The Morgan fingerprint density at radius 3 is 2.61 bits per heavy atom. The molecule has 2 rings (SSSR count). The molecule has 104 valence electrons. The molecule has 0 aromatic rings. The van der Waals surface area contributed by atoms with Crippen molar-refractivity contribution in [1.29, 1.82) is 0 Å². The van der Waals surface area contributed by atoms with Crippen molar-refractivity contribution >= 4 is 5.78 Å². The van der Waals surface area contributed by atoms with Crippen LogP contribution in [0.2, 0.25) is 0 Å². The fourth-order valence-electron chi connectivity index (χ4n) is 3.14. The second-order valence-electron chi connectivity index (χ2n) is 6.05. The quantitative estimate of drug-likeness (QED) is 0.749. The first-order valence-corrected chi connectivity index (χ1v) is 7.69. The summed E-state index contributed by atoms with van der Waals surface area (Å²) in [4.78, 5) is 17.0. The first-order valence-electron chi connectivity index (χ1n) is 7.69. The van der Waals surface area contributed by atoms with Crippen LogP contribution in [-0.2, 0) is 4.79 Å². The molecule has 0 bridgehead atoms. The van der Waals surface area contributed by atoms with Gasteiger partial charge in [0.15, 0.2) is 0 Å². The number of hydrogen-bond donors (Lipinski definition) is 0. The maximum atomic E-state index is 12.0. The molecule has 2 heterocycles. The highest BCUT2D eigenvalue weighted by molar-refractivity contribution is 5.82. The Morgan fingerprint density at radius 1 is 1.22 bits per heavy atom. The van der Waals surface area contributed by atoms with Crippen molar-refractivity contribution in [2.75, 3.05) is 32.7 Å². The number of ketones is 1. The molecule has 2 atom stereocenters. The van der Waals surface area contributed by atoms with Crippen molar-refractivity contribution in [2.45, 2.75) is 52.0 Å². The van der Waals surface area contributed by atoms with Crippen molar-refractivity contribution in [1.82, 2.24) is 9.80 Å². The summed E-state index contributed by atoms with van der Waals surface area (Å²) in [5, 5.41) is 0. The van der Waals surface area contributed by atoms with Gasteiger partial charge in [-0.3, -0.25) is 14.6 Å². The maximum absolute atomic E-state index is 12.0. The molecule has 0 amide bonds. The zero-order valence-corrected chi connectivity index (χ0v) is 12.0. The van der Waals surface area contributed by atoms with E-state index < -0.39 is 0 Å². The number of nitrogens with zero attached hydrogens (tertiary/aromatic N) is 2. The van der Waals surface area contributed by atoms with Crippen molar-refractivity contribution in [3.63, 3.8) is 0 Å². The maximum Gasteiger partial charge on any atom is 0.149 e. The van der Waals surface area contributed by atoms with Crippen molar-refractivity contribution in [3.8, 4) is 0 Å². The van der Waals surface area contributed by atoms with Gasteiger partial charge >= 0.3 is 0 Å². The Kier molecular flexibility index (Phi) is 5.19. The summed E-state index contributed by atoms with van der Waals surface area (Å²) in [7, 11) is 0. The van der Waals surface area contributed by atoms with Crippen LogP contribution < -0.4 is 0 Å². The monoisotopic (exact) mass is 252 g/mol. The Hall–Kier alpha value is -0.410. The van der Waals surface area contributed by atoms with Crippen LogP contribution in [0.15, 0.2) is 0 Å². The van der Waals surface area contributed by atoms with Crippen LogP contribution in [0.4, 0.5) is 0 Å². The Bertz CT molecular complexity index is 274. The summed E-state index contributed by atoms with van der Waals surface area (Å²) >= 11 is 0. The molecule has 0 aromatic carbocycles. The lowest BCUT2D eigenvalue weighted by molar-refractivity contribution is -0.123. The molecule has 18 heavy (non-hydrogen) atoms. The number of rotatable bonds is 5. The van der Waals surface area contributed by atoms with E-state index in [0.717, 1.165) is 25.6 Å². The molecule has 0 radical (unpaired) electrons. The molecule has 0 spiro atoms. The van der Waals surface area contributed by atoms with Crippen LogP contribution in [0, 0.1) is 5.92 Å². The van der Waals surface area contributed by atoms with Crippen LogP contribution in [0.25, 0.3) is 0 Å². The molecule has 2 fully saturated rings. The molecule has 2 saturated heterocycles. The van der Waals surface area contributed by atoms with E-state index in [-0.39, 0.29) is 5.92 Å². The van der Waals surface area contributed by atoms with Crippen LogP contribution in [0.1, 0.15) is 46.0 Å².